The smallest absolute Gasteiger partial charge is 0.242 e. The van der Waals surface area contributed by atoms with E-state index in [1.54, 1.807) is 6.07 Å². The molecule has 0 saturated heterocycles. The van der Waals surface area contributed by atoms with Crippen molar-refractivity contribution < 1.29 is 8.42 Å². The molecular weight excluding hydrogens is 298 g/mol. The summed E-state index contributed by atoms with van der Waals surface area (Å²) in [6.45, 7) is 1.94. The van der Waals surface area contributed by atoms with Gasteiger partial charge < -0.3 is 5.73 Å². The maximum atomic E-state index is 12.2. The van der Waals surface area contributed by atoms with Crippen molar-refractivity contribution in [3.63, 3.8) is 0 Å². The lowest BCUT2D eigenvalue weighted by Crippen LogP contribution is -2.24. The molecule has 1 aromatic heterocycles. The van der Waals surface area contributed by atoms with Crippen molar-refractivity contribution in [3.05, 3.63) is 52.8 Å². The van der Waals surface area contributed by atoms with Crippen LogP contribution < -0.4 is 10.5 Å². The number of hydrogen-bond acceptors (Lipinski definition) is 4. The van der Waals surface area contributed by atoms with Crippen LogP contribution in [0.4, 0.5) is 5.69 Å². The van der Waals surface area contributed by atoms with E-state index in [9.17, 15) is 8.42 Å². The number of nitrogen functional groups attached to an aromatic ring is 1. The van der Waals surface area contributed by atoms with Gasteiger partial charge in [-0.25, -0.2) is 13.1 Å². The molecule has 7 heteroatoms. The van der Waals surface area contributed by atoms with Crippen LogP contribution in [0.5, 0.6) is 0 Å². The molecule has 0 amide bonds. The highest BCUT2D eigenvalue weighted by Crippen LogP contribution is 2.23. The van der Waals surface area contributed by atoms with Crippen molar-refractivity contribution in [1.29, 1.82) is 0 Å². The third-order valence-electron chi connectivity index (χ3n) is 2.63. The van der Waals surface area contributed by atoms with E-state index >= 15 is 0 Å². The Labute approximate surface area is 122 Å². The fraction of sp³-hybridized carbons (Fsp3) is 0.154. The SMILES string of the molecule is Cc1cccc(CNS(=O)(=O)c2ccc(N)cc2Cl)n1. The lowest BCUT2D eigenvalue weighted by atomic mass is 10.3. The molecule has 2 aromatic rings. The Balaban J connectivity index is 2.19. The highest BCUT2D eigenvalue weighted by molar-refractivity contribution is 7.89. The van der Waals surface area contributed by atoms with Gasteiger partial charge in [0.2, 0.25) is 10.0 Å². The third-order valence-corrected chi connectivity index (χ3v) is 4.52. The third kappa shape index (κ3) is 3.47. The summed E-state index contributed by atoms with van der Waals surface area (Å²) in [6.07, 6.45) is 0. The first-order valence-electron chi connectivity index (χ1n) is 5.86. The average molecular weight is 312 g/mol. The van der Waals surface area contributed by atoms with Crippen LogP contribution in [-0.2, 0) is 16.6 Å². The topological polar surface area (TPSA) is 85.1 Å². The Kier molecular flexibility index (Phi) is 4.27. The summed E-state index contributed by atoms with van der Waals surface area (Å²) in [6, 6.07) is 9.69. The van der Waals surface area contributed by atoms with Gasteiger partial charge in [-0.15, -0.1) is 0 Å². The van der Waals surface area contributed by atoms with E-state index in [1.165, 1.54) is 18.2 Å². The molecule has 106 valence electrons. The van der Waals surface area contributed by atoms with E-state index in [-0.39, 0.29) is 16.5 Å². The lowest BCUT2D eigenvalue weighted by molar-refractivity contribution is 0.580. The Bertz CT molecular complexity index is 732. The van der Waals surface area contributed by atoms with Crippen LogP contribution >= 0.6 is 11.6 Å². The van der Waals surface area contributed by atoms with Crippen LogP contribution in [0.1, 0.15) is 11.4 Å². The number of sulfonamides is 1. The summed E-state index contributed by atoms with van der Waals surface area (Å²) in [5.41, 5.74) is 7.42. The van der Waals surface area contributed by atoms with E-state index < -0.39 is 10.0 Å². The lowest BCUT2D eigenvalue weighted by Gasteiger charge is -2.09. The van der Waals surface area contributed by atoms with Gasteiger partial charge in [-0.2, -0.15) is 0 Å². The summed E-state index contributed by atoms with van der Waals surface area (Å²) >= 11 is 5.91. The molecule has 0 spiro atoms. The second kappa shape index (κ2) is 5.78. The van der Waals surface area contributed by atoms with E-state index in [0.717, 1.165) is 5.69 Å². The van der Waals surface area contributed by atoms with Crippen LogP contribution in [-0.4, -0.2) is 13.4 Å². The number of pyridine rings is 1. The predicted molar refractivity (Wildman–Crippen MR) is 78.9 cm³/mol. The summed E-state index contributed by atoms with van der Waals surface area (Å²) < 4.78 is 26.8. The van der Waals surface area contributed by atoms with Crippen molar-refractivity contribution in [1.82, 2.24) is 9.71 Å². The normalized spacial score (nSPS) is 11.5. The highest BCUT2D eigenvalue weighted by Gasteiger charge is 2.17. The quantitative estimate of drug-likeness (QED) is 0.847. The Morgan fingerprint density at radius 3 is 2.70 bits per heavy atom. The zero-order valence-electron chi connectivity index (χ0n) is 10.8. The van der Waals surface area contributed by atoms with Gasteiger partial charge in [0.1, 0.15) is 4.90 Å². The molecule has 3 N–H and O–H groups in total. The molecule has 1 aromatic carbocycles. The van der Waals surface area contributed by atoms with Crippen molar-refractivity contribution in [2.75, 3.05) is 5.73 Å². The molecule has 0 radical (unpaired) electrons. The van der Waals surface area contributed by atoms with Gasteiger partial charge in [0.05, 0.1) is 17.3 Å². The summed E-state index contributed by atoms with van der Waals surface area (Å²) in [5.74, 6) is 0. The number of halogens is 1. The van der Waals surface area contributed by atoms with Gasteiger partial charge in [-0.3, -0.25) is 4.98 Å². The van der Waals surface area contributed by atoms with E-state index in [0.29, 0.717) is 11.4 Å². The van der Waals surface area contributed by atoms with Crippen molar-refractivity contribution in [2.45, 2.75) is 18.4 Å². The van der Waals surface area contributed by atoms with Gasteiger partial charge in [0.15, 0.2) is 0 Å². The number of aryl methyl sites for hydroxylation is 1. The number of nitrogens with zero attached hydrogens (tertiary/aromatic N) is 1. The molecule has 0 aliphatic rings. The van der Waals surface area contributed by atoms with Crippen molar-refractivity contribution >= 4 is 27.3 Å². The second-order valence-electron chi connectivity index (χ2n) is 4.28. The zero-order valence-corrected chi connectivity index (χ0v) is 12.4. The maximum absolute atomic E-state index is 12.2. The first-order chi connectivity index (χ1) is 9.38. The van der Waals surface area contributed by atoms with Crippen LogP contribution in [0, 0.1) is 6.92 Å². The maximum Gasteiger partial charge on any atom is 0.242 e. The molecule has 2 rings (SSSR count). The van der Waals surface area contributed by atoms with Gasteiger partial charge in [-0.05, 0) is 37.3 Å². The zero-order chi connectivity index (χ0) is 14.8. The van der Waals surface area contributed by atoms with Gasteiger partial charge in [0, 0.05) is 11.4 Å². The predicted octanol–water partition coefficient (Wildman–Crippen LogP) is 2.10. The Hall–Kier alpha value is -1.63. The molecule has 5 nitrogen and oxygen atoms in total. The van der Waals surface area contributed by atoms with Crippen molar-refractivity contribution in [3.8, 4) is 0 Å². The number of benzene rings is 1. The first kappa shape index (κ1) is 14.8. The molecule has 0 fully saturated rings. The molecule has 0 atom stereocenters. The van der Waals surface area contributed by atoms with Crippen LogP contribution in [0.15, 0.2) is 41.3 Å². The average Bonchev–Trinajstić information content (AvgIpc) is 2.36. The molecule has 0 unspecified atom stereocenters. The highest BCUT2D eigenvalue weighted by atomic mass is 35.5. The van der Waals surface area contributed by atoms with E-state index in [1.807, 2.05) is 19.1 Å². The number of rotatable bonds is 4. The van der Waals surface area contributed by atoms with Crippen LogP contribution in [0.25, 0.3) is 0 Å². The van der Waals surface area contributed by atoms with E-state index in [4.69, 9.17) is 17.3 Å². The number of hydrogen-bond donors (Lipinski definition) is 2. The monoisotopic (exact) mass is 311 g/mol. The minimum Gasteiger partial charge on any atom is -0.399 e. The number of nitrogens with one attached hydrogen (secondary N) is 1. The fourth-order valence-corrected chi connectivity index (χ4v) is 3.23. The van der Waals surface area contributed by atoms with Gasteiger partial charge in [0.25, 0.3) is 0 Å². The molecule has 1 heterocycles. The van der Waals surface area contributed by atoms with E-state index in [2.05, 4.69) is 9.71 Å². The number of anilines is 1. The molecule has 20 heavy (non-hydrogen) atoms. The number of aromatic nitrogens is 1. The summed E-state index contributed by atoms with van der Waals surface area (Å²) in [7, 11) is -3.70. The second-order valence-corrected chi connectivity index (χ2v) is 6.43. The molecular formula is C13H14ClN3O2S. The first-order valence-corrected chi connectivity index (χ1v) is 7.72. The van der Waals surface area contributed by atoms with Gasteiger partial charge in [-0.1, -0.05) is 17.7 Å². The standard InChI is InChI=1S/C13H14ClN3O2S/c1-9-3-2-4-11(17-9)8-16-20(18,19)13-6-5-10(15)7-12(13)14/h2-7,16H,8,15H2,1H3. The molecule has 0 aliphatic heterocycles. The summed E-state index contributed by atoms with van der Waals surface area (Å²) in [4.78, 5) is 4.23. The molecule has 0 aliphatic carbocycles. The Morgan fingerprint density at radius 1 is 1.30 bits per heavy atom. The molecule has 0 bridgehead atoms. The van der Waals surface area contributed by atoms with Crippen LogP contribution in [0.2, 0.25) is 5.02 Å². The minimum atomic E-state index is -3.70. The number of nitrogens with two attached hydrogens (primary N) is 1. The van der Waals surface area contributed by atoms with Crippen LogP contribution in [0.3, 0.4) is 0 Å². The minimum absolute atomic E-state index is 0.000944. The van der Waals surface area contributed by atoms with Crippen molar-refractivity contribution in [2.24, 2.45) is 0 Å². The largest absolute Gasteiger partial charge is 0.399 e. The fourth-order valence-electron chi connectivity index (χ4n) is 1.68. The molecule has 0 saturated carbocycles. The van der Waals surface area contributed by atoms with Gasteiger partial charge >= 0.3 is 0 Å². The summed E-state index contributed by atoms with van der Waals surface area (Å²) in [5, 5.41) is 0.0923. The Morgan fingerprint density at radius 2 is 2.05 bits per heavy atom.